The molecule has 2 aliphatic rings. The first-order chi connectivity index (χ1) is 39.9. The van der Waals surface area contributed by atoms with E-state index < -0.39 is 5.41 Å². The van der Waals surface area contributed by atoms with Gasteiger partial charge in [0.25, 0.3) is 0 Å². The van der Waals surface area contributed by atoms with E-state index in [4.69, 9.17) is 0 Å². The summed E-state index contributed by atoms with van der Waals surface area (Å²) in [6, 6.07) is 115. The molecule has 0 heterocycles. The molecular formula is C80H57N. The fraction of sp³-hybridized carbons (Fsp3) is 0.0500. The molecule has 13 aromatic carbocycles. The maximum Gasteiger partial charge on any atom is 0.0713 e. The Morgan fingerprint density at radius 3 is 1.27 bits per heavy atom. The third-order valence-corrected chi connectivity index (χ3v) is 17.6. The van der Waals surface area contributed by atoms with Gasteiger partial charge in [-0.3, -0.25) is 0 Å². The van der Waals surface area contributed by atoms with Crippen molar-refractivity contribution < 1.29 is 0 Å². The van der Waals surface area contributed by atoms with E-state index in [2.05, 4.69) is 328 Å². The first kappa shape index (κ1) is 48.1. The van der Waals surface area contributed by atoms with Crippen LogP contribution in [0.2, 0.25) is 0 Å². The summed E-state index contributed by atoms with van der Waals surface area (Å²) in [5, 5.41) is 2.51. The molecule has 0 aliphatic heterocycles. The largest absolute Gasteiger partial charge is 0.311 e. The minimum Gasteiger partial charge on any atom is -0.311 e. The van der Waals surface area contributed by atoms with Crippen LogP contribution in [0.1, 0.15) is 47.2 Å². The van der Waals surface area contributed by atoms with Crippen molar-refractivity contribution in [3.8, 4) is 77.9 Å². The fourth-order valence-corrected chi connectivity index (χ4v) is 13.6. The van der Waals surface area contributed by atoms with Crippen molar-refractivity contribution >= 4 is 27.8 Å². The van der Waals surface area contributed by atoms with E-state index in [1.165, 1.54) is 122 Å². The van der Waals surface area contributed by atoms with E-state index in [1.807, 2.05) is 0 Å². The maximum atomic E-state index is 2.41. The molecule has 0 radical (unpaired) electrons. The smallest absolute Gasteiger partial charge is 0.0713 e. The zero-order valence-electron chi connectivity index (χ0n) is 45.4. The summed E-state index contributed by atoms with van der Waals surface area (Å²) in [7, 11) is 0. The molecule has 0 spiro atoms. The summed E-state index contributed by atoms with van der Waals surface area (Å²) in [6.45, 7) is 4.71. The molecular weight excluding hydrogens is 975 g/mol. The Morgan fingerprint density at radius 1 is 0.235 bits per heavy atom. The number of nitrogens with zero attached hydrogens (tertiary/aromatic N) is 1. The standard InChI is InChI=1S/C80H57N/c1-79(2)74-28-13-11-25-71(74)72-50-43-64(53-77(72)79)58-39-46-68(47-40-58)81(67-44-37-56(38-45-67)55-31-33-57(34-32-55)61-19-15-20-62(51-61)63-36-35-54-17-9-10-18-60(54)52-63)69-48-41-59(42-49-69)70-27-16-30-76-78(70)73-26-12-14-29-75(73)80(76,65-21-5-3-6-22-65)66-23-7-4-8-24-66/h3-53H,1-2H3. The highest BCUT2D eigenvalue weighted by Crippen LogP contribution is 2.58. The van der Waals surface area contributed by atoms with Crippen LogP contribution in [0.25, 0.3) is 88.7 Å². The quantitative estimate of drug-likeness (QED) is 0.132. The molecule has 382 valence electrons. The molecule has 0 fully saturated rings. The molecule has 0 saturated carbocycles. The Kier molecular flexibility index (Phi) is 11.5. The van der Waals surface area contributed by atoms with E-state index >= 15 is 0 Å². The zero-order valence-corrected chi connectivity index (χ0v) is 45.4. The predicted octanol–water partition coefficient (Wildman–Crippen LogP) is 21.3. The maximum absolute atomic E-state index is 2.41. The minimum absolute atomic E-state index is 0.0694. The van der Waals surface area contributed by atoms with Crippen LogP contribution >= 0.6 is 0 Å². The van der Waals surface area contributed by atoms with Gasteiger partial charge in [0.15, 0.2) is 0 Å². The molecule has 81 heavy (non-hydrogen) atoms. The Labute approximate surface area is 475 Å². The van der Waals surface area contributed by atoms with Crippen LogP contribution < -0.4 is 4.90 Å². The van der Waals surface area contributed by atoms with Crippen molar-refractivity contribution in [1.82, 2.24) is 0 Å². The monoisotopic (exact) mass is 1030 g/mol. The van der Waals surface area contributed by atoms with Crippen molar-refractivity contribution in [1.29, 1.82) is 0 Å². The van der Waals surface area contributed by atoms with Crippen LogP contribution in [0.15, 0.2) is 309 Å². The van der Waals surface area contributed by atoms with Gasteiger partial charge in [0.1, 0.15) is 0 Å². The van der Waals surface area contributed by atoms with Gasteiger partial charge in [0.2, 0.25) is 0 Å². The summed E-state index contributed by atoms with van der Waals surface area (Å²) in [6.07, 6.45) is 0. The number of benzene rings is 13. The van der Waals surface area contributed by atoms with Crippen molar-refractivity contribution in [3.63, 3.8) is 0 Å². The Balaban J connectivity index is 0.785. The highest BCUT2D eigenvalue weighted by molar-refractivity contribution is 5.96. The van der Waals surface area contributed by atoms with E-state index in [0.717, 1.165) is 17.1 Å². The Morgan fingerprint density at radius 2 is 0.642 bits per heavy atom. The Hall–Kier alpha value is -10.1. The average Bonchev–Trinajstić information content (AvgIpc) is 4.17. The van der Waals surface area contributed by atoms with Gasteiger partial charge in [0, 0.05) is 22.5 Å². The second-order valence-corrected chi connectivity index (χ2v) is 22.4. The molecule has 1 nitrogen and oxygen atoms in total. The van der Waals surface area contributed by atoms with Gasteiger partial charge in [0.05, 0.1) is 5.41 Å². The molecule has 0 amide bonds. The van der Waals surface area contributed by atoms with Gasteiger partial charge in [-0.1, -0.05) is 269 Å². The second-order valence-electron chi connectivity index (χ2n) is 22.4. The third kappa shape index (κ3) is 7.99. The van der Waals surface area contributed by atoms with Crippen LogP contribution in [0.3, 0.4) is 0 Å². The van der Waals surface area contributed by atoms with Gasteiger partial charge in [-0.25, -0.2) is 0 Å². The average molecular weight is 1030 g/mol. The number of hydrogen-bond acceptors (Lipinski definition) is 1. The first-order valence-corrected chi connectivity index (χ1v) is 28.3. The molecule has 0 atom stereocenters. The highest BCUT2D eigenvalue weighted by Gasteiger charge is 2.46. The lowest BCUT2D eigenvalue weighted by Gasteiger charge is -2.34. The van der Waals surface area contributed by atoms with Crippen LogP contribution in [0.5, 0.6) is 0 Å². The molecule has 0 aromatic heterocycles. The van der Waals surface area contributed by atoms with E-state index in [0.29, 0.717) is 0 Å². The second kappa shape index (κ2) is 19.4. The highest BCUT2D eigenvalue weighted by atomic mass is 15.1. The van der Waals surface area contributed by atoms with Crippen LogP contribution in [-0.4, -0.2) is 0 Å². The summed E-state index contributed by atoms with van der Waals surface area (Å²) in [4.78, 5) is 2.39. The van der Waals surface area contributed by atoms with Crippen molar-refractivity contribution in [3.05, 3.63) is 343 Å². The molecule has 0 saturated heterocycles. The predicted molar refractivity (Wildman–Crippen MR) is 341 cm³/mol. The van der Waals surface area contributed by atoms with Crippen molar-refractivity contribution in [2.75, 3.05) is 4.90 Å². The lowest BCUT2D eigenvalue weighted by atomic mass is 9.67. The number of hydrogen-bond donors (Lipinski definition) is 0. The van der Waals surface area contributed by atoms with Crippen LogP contribution in [0.4, 0.5) is 17.1 Å². The van der Waals surface area contributed by atoms with Crippen molar-refractivity contribution in [2.24, 2.45) is 0 Å². The first-order valence-electron chi connectivity index (χ1n) is 28.3. The summed E-state index contributed by atoms with van der Waals surface area (Å²) >= 11 is 0. The van der Waals surface area contributed by atoms with Gasteiger partial charge in [-0.2, -0.15) is 0 Å². The normalized spacial score (nSPS) is 13.3. The summed E-state index contributed by atoms with van der Waals surface area (Å²) < 4.78 is 0. The van der Waals surface area contributed by atoms with Gasteiger partial charge < -0.3 is 4.90 Å². The summed E-state index contributed by atoms with van der Waals surface area (Å²) in [5.41, 5.74) is 27.9. The van der Waals surface area contributed by atoms with E-state index in [1.54, 1.807) is 0 Å². The van der Waals surface area contributed by atoms with Crippen LogP contribution in [0, 0.1) is 0 Å². The zero-order chi connectivity index (χ0) is 54.1. The van der Waals surface area contributed by atoms with Gasteiger partial charge in [-0.15, -0.1) is 0 Å². The van der Waals surface area contributed by atoms with E-state index in [-0.39, 0.29) is 5.41 Å². The number of fused-ring (bicyclic) bond motifs is 7. The topological polar surface area (TPSA) is 3.24 Å². The lowest BCUT2D eigenvalue weighted by Crippen LogP contribution is -2.28. The van der Waals surface area contributed by atoms with Gasteiger partial charge in [-0.05, 0) is 177 Å². The molecule has 0 N–H and O–H groups in total. The number of anilines is 3. The summed E-state index contributed by atoms with van der Waals surface area (Å²) in [5.74, 6) is 0. The van der Waals surface area contributed by atoms with Crippen LogP contribution in [-0.2, 0) is 10.8 Å². The SMILES string of the molecule is CC1(C)c2ccccc2-c2ccc(-c3ccc(N(c4ccc(-c5ccc(-c6cccc(-c7ccc8ccccc8c7)c6)cc5)cc4)c4ccc(-c5cccc6c5-c5ccccc5C6(c5ccccc5)c5ccccc5)cc4)cc3)cc21. The lowest BCUT2D eigenvalue weighted by molar-refractivity contribution is 0.660. The van der Waals surface area contributed by atoms with E-state index in [9.17, 15) is 0 Å². The minimum atomic E-state index is -0.465. The molecule has 0 bridgehead atoms. The third-order valence-electron chi connectivity index (χ3n) is 17.6. The molecule has 13 aromatic rings. The molecule has 0 unspecified atom stereocenters. The molecule has 15 rings (SSSR count). The molecule has 1 heteroatoms. The number of rotatable bonds is 10. The Bertz CT molecular complexity index is 4450. The fourth-order valence-electron chi connectivity index (χ4n) is 13.6. The molecule has 2 aliphatic carbocycles. The van der Waals surface area contributed by atoms with Gasteiger partial charge >= 0.3 is 0 Å². The van der Waals surface area contributed by atoms with Crippen molar-refractivity contribution in [2.45, 2.75) is 24.7 Å².